The van der Waals surface area contributed by atoms with E-state index in [1.807, 2.05) is 18.2 Å². The van der Waals surface area contributed by atoms with Gasteiger partial charge in [-0.2, -0.15) is 0 Å². The lowest BCUT2D eigenvalue weighted by Crippen LogP contribution is -2.49. The van der Waals surface area contributed by atoms with Crippen molar-refractivity contribution in [2.75, 3.05) is 31.3 Å². The molecule has 1 atom stereocenters. The smallest absolute Gasteiger partial charge is 0.265 e. The SMILES string of the molecule is CC(C)(C)c1ccc2c(c1)N(CC(=O)NC1CCCOC1)C(=O)CO2. The molecule has 0 spiro atoms. The molecule has 25 heavy (non-hydrogen) atoms. The Morgan fingerprint density at radius 1 is 1.36 bits per heavy atom. The quantitative estimate of drug-likeness (QED) is 0.909. The first kappa shape index (κ1) is 17.7. The van der Waals surface area contributed by atoms with Gasteiger partial charge >= 0.3 is 0 Å². The Bertz CT molecular complexity index is 660. The summed E-state index contributed by atoms with van der Waals surface area (Å²) in [6, 6.07) is 5.86. The Morgan fingerprint density at radius 2 is 2.16 bits per heavy atom. The molecule has 0 aliphatic carbocycles. The second-order valence-corrected chi connectivity index (χ2v) is 7.68. The number of benzene rings is 1. The number of carbonyl (C=O) groups is 2. The highest BCUT2D eigenvalue weighted by atomic mass is 16.5. The Kier molecular flexibility index (Phi) is 4.99. The fourth-order valence-electron chi connectivity index (χ4n) is 3.11. The van der Waals surface area contributed by atoms with Gasteiger partial charge in [0.25, 0.3) is 5.91 Å². The minimum absolute atomic E-state index is 0.000705. The van der Waals surface area contributed by atoms with Crippen LogP contribution in [0.4, 0.5) is 5.69 Å². The van der Waals surface area contributed by atoms with Crippen LogP contribution in [0.3, 0.4) is 0 Å². The Morgan fingerprint density at radius 3 is 2.84 bits per heavy atom. The lowest BCUT2D eigenvalue weighted by Gasteiger charge is -2.31. The molecule has 6 heteroatoms. The molecule has 3 rings (SSSR count). The van der Waals surface area contributed by atoms with Gasteiger partial charge in [0.1, 0.15) is 12.3 Å². The van der Waals surface area contributed by atoms with Crippen LogP contribution in [-0.4, -0.2) is 44.2 Å². The number of rotatable bonds is 3. The monoisotopic (exact) mass is 346 g/mol. The van der Waals surface area contributed by atoms with Gasteiger partial charge in [0.2, 0.25) is 5.91 Å². The van der Waals surface area contributed by atoms with E-state index >= 15 is 0 Å². The molecule has 1 aromatic rings. The summed E-state index contributed by atoms with van der Waals surface area (Å²) in [7, 11) is 0. The van der Waals surface area contributed by atoms with Crippen LogP contribution >= 0.6 is 0 Å². The lowest BCUT2D eigenvalue weighted by atomic mass is 9.86. The van der Waals surface area contributed by atoms with Gasteiger partial charge in [-0.05, 0) is 36.0 Å². The average molecular weight is 346 g/mol. The van der Waals surface area contributed by atoms with E-state index in [1.165, 1.54) is 4.90 Å². The van der Waals surface area contributed by atoms with Gasteiger partial charge in [0, 0.05) is 6.61 Å². The number of hydrogen-bond acceptors (Lipinski definition) is 4. The Hall–Kier alpha value is -2.08. The van der Waals surface area contributed by atoms with Gasteiger partial charge in [0.15, 0.2) is 6.61 Å². The lowest BCUT2D eigenvalue weighted by molar-refractivity contribution is -0.126. The van der Waals surface area contributed by atoms with Crippen molar-refractivity contribution in [2.45, 2.75) is 45.1 Å². The van der Waals surface area contributed by atoms with Gasteiger partial charge in [-0.1, -0.05) is 26.8 Å². The van der Waals surface area contributed by atoms with E-state index in [1.54, 1.807) is 0 Å². The van der Waals surface area contributed by atoms with Crippen molar-refractivity contribution in [1.82, 2.24) is 5.32 Å². The third-order valence-electron chi connectivity index (χ3n) is 4.60. The van der Waals surface area contributed by atoms with E-state index in [0.717, 1.165) is 25.0 Å². The van der Waals surface area contributed by atoms with Crippen molar-refractivity contribution in [3.63, 3.8) is 0 Å². The molecule has 1 saturated heterocycles. The summed E-state index contributed by atoms with van der Waals surface area (Å²) < 4.78 is 10.9. The van der Waals surface area contributed by atoms with Crippen LogP contribution in [0.5, 0.6) is 5.75 Å². The summed E-state index contributed by atoms with van der Waals surface area (Å²) in [5.74, 6) is 0.271. The van der Waals surface area contributed by atoms with Crippen LogP contribution in [0.2, 0.25) is 0 Å². The molecule has 136 valence electrons. The number of ether oxygens (including phenoxy) is 2. The molecule has 0 aromatic heterocycles. The number of anilines is 1. The molecule has 1 N–H and O–H groups in total. The summed E-state index contributed by atoms with van der Waals surface area (Å²) in [5, 5.41) is 2.96. The number of nitrogens with zero attached hydrogens (tertiary/aromatic N) is 1. The van der Waals surface area contributed by atoms with Gasteiger partial charge in [0.05, 0.1) is 18.3 Å². The highest BCUT2D eigenvalue weighted by molar-refractivity contribution is 6.02. The van der Waals surface area contributed by atoms with Crippen molar-refractivity contribution in [3.05, 3.63) is 23.8 Å². The fourth-order valence-corrected chi connectivity index (χ4v) is 3.11. The summed E-state index contributed by atoms with van der Waals surface area (Å²) in [4.78, 5) is 26.3. The topological polar surface area (TPSA) is 67.9 Å². The van der Waals surface area contributed by atoms with Crippen LogP contribution in [-0.2, 0) is 19.7 Å². The summed E-state index contributed by atoms with van der Waals surface area (Å²) in [6.07, 6.45) is 1.85. The van der Waals surface area contributed by atoms with Crippen LogP contribution in [0.25, 0.3) is 0 Å². The zero-order chi connectivity index (χ0) is 18.0. The first-order chi connectivity index (χ1) is 11.8. The molecule has 2 amide bonds. The minimum Gasteiger partial charge on any atom is -0.482 e. The van der Waals surface area contributed by atoms with E-state index in [2.05, 4.69) is 26.1 Å². The minimum atomic E-state index is -0.200. The summed E-state index contributed by atoms with van der Waals surface area (Å²) in [5.41, 5.74) is 1.71. The molecule has 2 aliphatic heterocycles. The molecule has 0 radical (unpaired) electrons. The van der Waals surface area contributed by atoms with Crippen LogP contribution < -0.4 is 15.0 Å². The number of amides is 2. The highest BCUT2D eigenvalue weighted by Gasteiger charge is 2.29. The van der Waals surface area contributed by atoms with E-state index in [-0.39, 0.29) is 36.4 Å². The second-order valence-electron chi connectivity index (χ2n) is 7.68. The predicted octanol–water partition coefficient (Wildman–Crippen LogP) is 2.00. The molecule has 0 saturated carbocycles. The number of nitrogens with one attached hydrogen (secondary N) is 1. The van der Waals surface area contributed by atoms with Gasteiger partial charge < -0.3 is 14.8 Å². The van der Waals surface area contributed by atoms with Gasteiger partial charge in [-0.25, -0.2) is 0 Å². The third-order valence-corrected chi connectivity index (χ3v) is 4.60. The maximum atomic E-state index is 12.4. The predicted molar refractivity (Wildman–Crippen MR) is 95.0 cm³/mol. The summed E-state index contributed by atoms with van der Waals surface area (Å²) >= 11 is 0. The average Bonchev–Trinajstić information content (AvgIpc) is 2.57. The van der Waals surface area contributed by atoms with E-state index < -0.39 is 0 Å². The normalized spacial score (nSPS) is 20.7. The maximum Gasteiger partial charge on any atom is 0.265 e. The number of carbonyl (C=O) groups excluding carboxylic acids is 2. The largest absolute Gasteiger partial charge is 0.482 e. The second kappa shape index (κ2) is 7.04. The standard InChI is InChI=1S/C19H26N2O4/c1-19(2,3)13-6-7-16-15(9-13)21(18(23)12-25-16)10-17(22)20-14-5-4-8-24-11-14/h6-7,9,14H,4-5,8,10-12H2,1-3H3,(H,20,22). The Labute approximate surface area is 148 Å². The first-order valence-corrected chi connectivity index (χ1v) is 8.79. The van der Waals surface area contributed by atoms with Crippen LogP contribution in [0.1, 0.15) is 39.2 Å². The molecule has 2 aliphatic rings. The van der Waals surface area contributed by atoms with Crippen molar-refractivity contribution in [3.8, 4) is 5.75 Å². The van der Waals surface area contributed by atoms with Gasteiger partial charge in [-0.15, -0.1) is 0 Å². The van der Waals surface area contributed by atoms with E-state index in [4.69, 9.17) is 9.47 Å². The van der Waals surface area contributed by atoms with E-state index in [0.29, 0.717) is 18.0 Å². The van der Waals surface area contributed by atoms with Crippen molar-refractivity contribution < 1.29 is 19.1 Å². The van der Waals surface area contributed by atoms with Crippen LogP contribution in [0.15, 0.2) is 18.2 Å². The maximum absolute atomic E-state index is 12.4. The third kappa shape index (κ3) is 4.12. The molecule has 6 nitrogen and oxygen atoms in total. The van der Waals surface area contributed by atoms with Crippen molar-refractivity contribution >= 4 is 17.5 Å². The number of fused-ring (bicyclic) bond motifs is 1. The Balaban J connectivity index is 1.77. The highest BCUT2D eigenvalue weighted by Crippen LogP contribution is 2.36. The molecule has 0 bridgehead atoms. The van der Waals surface area contributed by atoms with E-state index in [9.17, 15) is 9.59 Å². The molecule has 1 aromatic carbocycles. The van der Waals surface area contributed by atoms with Gasteiger partial charge in [-0.3, -0.25) is 14.5 Å². The van der Waals surface area contributed by atoms with Crippen molar-refractivity contribution in [2.24, 2.45) is 0 Å². The zero-order valence-corrected chi connectivity index (χ0v) is 15.1. The zero-order valence-electron chi connectivity index (χ0n) is 15.1. The molecule has 1 fully saturated rings. The van der Waals surface area contributed by atoms with Crippen molar-refractivity contribution in [1.29, 1.82) is 0 Å². The number of hydrogen-bond donors (Lipinski definition) is 1. The molecule has 1 unspecified atom stereocenters. The molecular weight excluding hydrogens is 320 g/mol. The molecule has 2 heterocycles. The fraction of sp³-hybridized carbons (Fsp3) is 0.579. The van der Waals surface area contributed by atoms with Crippen LogP contribution in [0, 0.1) is 0 Å². The molecular formula is C19H26N2O4. The summed E-state index contributed by atoms with van der Waals surface area (Å²) in [6.45, 7) is 7.58. The first-order valence-electron chi connectivity index (χ1n) is 8.79.